The van der Waals surface area contributed by atoms with Crippen molar-refractivity contribution in [1.82, 2.24) is 14.7 Å². The molecule has 0 aliphatic carbocycles. The highest BCUT2D eigenvalue weighted by atomic mass is 16.4. The van der Waals surface area contributed by atoms with Gasteiger partial charge in [-0.25, -0.2) is 0 Å². The SMILES string of the molecule is O=CCN(CCN(CC=O)CC(=O)O)CCN(CC=O)CC(=O)O. The number of rotatable bonds is 16. The molecule has 0 spiro atoms. The first kappa shape index (κ1) is 21.8. The number of carbonyl (C=O) groups excluding carboxylic acids is 3. The zero-order valence-corrected chi connectivity index (χ0v) is 13.4. The molecule has 0 bridgehead atoms. The minimum atomic E-state index is -1.06. The normalized spacial score (nSPS) is 11.0. The number of aliphatic carboxylic acids is 2. The van der Waals surface area contributed by atoms with Gasteiger partial charge in [-0.1, -0.05) is 0 Å². The lowest BCUT2D eigenvalue weighted by Crippen LogP contribution is -2.43. The number of nitrogens with zero attached hydrogens (tertiary/aromatic N) is 3. The van der Waals surface area contributed by atoms with Gasteiger partial charge in [0.1, 0.15) is 18.9 Å². The smallest absolute Gasteiger partial charge is 0.317 e. The van der Waals surface area contributed by atoms with Gasteiger partial charge < -0.3 is 24.6 Å². The molecule has 0 rings (SSSR count). The summed E-state index contributed by atoms with van der Waals surface area (Å²) in [5.41, 5.74) is 0. The fourth-order valence-electron chi connectivity index (χ4n) is 2.03. The molecule has 0 aromatic rings. The molecule has 0 aliphatic rings. The summed E-state index contributed by atoms with van der Waals surface area (Å²) >= 11 is 0. The summed E-state index contributed by atoms with van der Waals surface area (Å²) in [6, 6.07) is 0. The van der Waals surface area contributed by atoms with Crippen LogP contribution in [0, 0.1) is 0 Å². The molecule has 0 amide bonds. The maximum Gasteiger partial charge on any atom is 0.317 e. The van der Waals surface area contributed by atoms with Gasteiger partial charge in [0.05, 0.1) is 32.7 Å². The lowest BCUT2D eigenvalue weighted by molar-refractivity contribution is -0.139. The minimum absolute atomic E-state index is 0.0302. The first-order chi connectivity index (χ1) is 11.4. The van der Waals surface area contributed by atoms with Gasteiger partial charge in [0.15, 0.2) is 0 Å². The molecule has 0 unspecified atom stereocenters. The fourth-order valence-corrected chi connectivity index (χ4v) is 2.03. The van der Waals surface area contributed by atoms with Crippen LogP contribution in [-0.4, -0.2) is 115 Å². The molecule has 0 saturated carbocycles. The van der Waals surface area contributed by atoms with Gasteiger partial charge in [-0.15, -0.1) is 0 Å². The van der Waals surface area contributed by atoms with Crippen molar-refractivity contribution in [3.63, 3.8) is 0 Å². The summed E-state index contributed by atoms with van der Waals surface area (Å²) in [6.45, 7) is 0.660. The van der Waals surface area contributed by atoms with E-state index < -0.39 is 11.9 Å². The maximum absolute atomic E-state index is 10.7. The first-order valence-electron chi connectivity index (χ1n) is 7.34. The van der Waals surface area contributed by atoms with Gasteiger partial charge in [0.25, 0.3) is 0 Å². The van der Waals surface area contributed by atoms with Crippen molar-refractivity contribution >= 4 is 30.8 Å². The van der Waals surface area contributed by atoms with Crippen LogP contribution in [0.15, 0.2) is 0 Å². The Morgan fingerprint density at radius 2 is 0.917 bits per heavy atom. The maximum atomic E-state index is 10.7. The van der Waals surface area contributed by atoms with Crippen LogP contribution in [0.5, 0.6) is 0 Å². The standard InChI is InChI=1S/C14H23N3O7/c18-8-5-15(1-3-16(6-9-19)11-13(21)22)2-4-17(7-10-20)12-14(23)24/h8-10H,1-7,11-12H2,(H,21,22)(H,23,24). The van der Waals surface area contributed by atoms with E-state index >= 15 is 0 Å². The molecule has 10 nitrogen and oxygen atoms in total. The molecule has 0 atom stereocenters. The Bertz CT molecular complexity index is 397. The van der Waals surface area contributed by atoms with E-state index in [2.05, 4.69) is 0 Å². The zero-order chi connectivity index (χ0) is 18.4. The molecular weight excluding hydrogens is 322 g/mol. The summed E-state index contributed by atoms with van der Waals surface area (Å²) in [7, 11) is 0. The summed E-state index contributed by atoms with van der Waals surface area (Å²) in [4.78, 5) is 57.8. The molecule has 0 fully saturated rings. The molecule has 24 heavy (non-hydrogen) atoms. The number of carbonyl (C=O) groups is 5. The third kappa shape index (κ3) is 11.4. The zero-order valence-electron chi connectivity index (χ0n) is 13.4. The van der Waals surface area contributed by atoms with Crippen molar-refractivity contribution < 1.29 is 34.2 Å². The van der Waals surface area contributed by atoms with Crippen LogP contribution >= 0.6 is 0 Å². The molecule has 0 radical (unpaired) electrons. The lowest BCUT2D eigenvalue weighted by atomic mass is 10.3. The average molecular weight is 345 g/mol. The Morgan fingerprint density at radius 3 is 1.21 bits per heavy atom. The third-order valence-electron chi connectivity index (χ3n) is 3.18. The van der Waals surface area contributed by atoms with Gasteiger partial charge in [-0.05, 0) is 0 Å². The monoisotopic (exact) mass is 345 g/mol. The third-order valence-corrected chi connectivity index (χ3v) is 3.18. The molecule has 2 N–H and O–H groups in total. The predicted molar refractivity (Wildman–Crippen MR) is 82.8 cm³/mol. The number of aldehydes is 3. The van der Waals surface area contributed by atoms with E-state index in [9.17, 15) is 24.0 Å². The fraction of sp³-hybridized carbons (Fsp3) is 0.643. The second-order valence-corrected chi connectivity index (χ2v) is 5.06. The summed E-state index contributed by atoms with van der Waals surface area (Å²) in [6.07, 6.45) is 1.89. The highest BCUT2D eigenvalue weighted by Crippen LogP contribution is 1.95. The van der Waals surface area contributed by atoms with Crippen molar-refractivity contribution in [3.05, 3.63) is 0 Å². The van der Waals surface area contributed by atoms with E-state index in [-0.39, 0.29) is 45.8 Å². The Morgan fingerprint density at radius 1 is 0.625 bits per heavy atom. The molecular formula is C14H23N3O7. The van der Waals surface area contributed by atoms with Gasteiger partial charge in [-0.3, -0.25) is 24.3 Å². The quantitative estimate of drug-likeness (QED) is 0.293. The Balaban J connectivity index is 4.51. The van der Waals surface area contributed by atoms with E-state index in [0.29, 0.717) is 31.9 Å². The van der Waals surface area contributed by atoms with Crippen LogP contribution in [0.25, 0.3) is 0 Å². The van der Waals surface area contributed by atoms with Crippen molar-refractivity contribution in [3.8, 4) is 0 Å². The largest absolute Gasteiger partial charge is 0.480 e. The highest BCUT2D eigenvalue weighted by Gasteiger charge is 2.14. The topological polar surface area (TPSA) is 136 Å². The molecule has 0 aromatic carbocycles. The molecule has 136 valence electrons. The van der Waals surface area contributed by atoms with Crippen LogP contribution in [0.4, 0.5) is 0 Å². The van der Waals surface area contributed by atoms with Crippen LogP contribution in [0.2, 0.25) is 0 Å². The Labute approximate surface area is 139 Å². The van der Waals surface area contributed by atoms with Crippen molar-refractivity contribution in [2.45, 2.75) is 0 Å². The van der Waals surface area contributed by atoms with Crippen molar-refractivity contribution in [2.75, 3.05) is 58.9 Å². The highest BCUT2D eigenvalue weighted by molar-refractivity contribution is 5.70. The number of carboxylic acid groups (broad SMARTS) is 2. The summed E-state index contributed by atoms with van der Waals surface area (Å²) in [5, 5.41) is 17.6. The van der Waals surface area contributed by atoms with E-state index in [1.807, 2.05) is 0 Å². The van der Waals surface area contributed by atoms with E-state index in [0.717, 1.165) is 0 Å². The van der Waals surface area contributed by atoms with Gasteiger partial charge in [0.2, 0.25) is 0 Å². The Hall–Kier alpha value is -2.17. The number of hydrogen-bond acceptors (Lipinski definition) is 8. The van der Waals surface area contributed by atoms with Gasteiger partial charge in [0, 0.05) is 26.2 Å². The summed E-state index contributed by atoms with van der Waals surface area (Å²) in [5.74, 6) is -2.12. The van der Waals surface area contributed by atoms with Crippen molar-refractivity contribution in [1.29, 1.82) is 0 Å². The molecule has 10 heteroatoms. The minimum Gasteiger partial charge on any atom is -0.480 e. The van der Waals surface area contributed by atoms with Gasteiger partial charge in [-0.2, -0.15) is 0 Å². The van der Waals surface area contributed by atoms with E-state index in [1.54, 1.807) is 4.90 Å². The molecule has 0 heterocycles. The summed E-state index contributed by atoms with van der Waals surface area (Å²) < 4.78 is 0. The Kier molecular flexibility index (Phi) is 12.1. The number of hydrogen-bond donors (Lipinski definition) is 2. The van der Waals surface area contributed by atoms with Crippen LogP contribution < -0.4 is 0 Å². The van der Waals surface area contributed by atoms with E-state index in [4.69, 9.17) is 10.2 Å². The first-order valence-corrected chi connectivity index (χ1v) is 7.34. The van der Waals surface area contributed by atoms with E-state index in [1.165, 1.54) is 9.80 Å². The second-order valence-electron chi connectivity index (χ2n) is 5.06. The van der Waals surface area contributed by atoms with Crippen LogP contribution in [0.1, 0.15) is 0 Å². The lowest BCUT2D eigenvalue weighted by Gasteiger charge is -2.26. The van der Waals surface area contributed by atoms with Gasteiger partial charge >= 0.3 is 11.9 Å². The molecule has 0 aliphatic heterocycles. The number of carboxylic acids is 2. The van der Waals surface area contributed by atoms with Crippen LogP contribution in [0.3, 0.4) is 0 Å². The van der Waals surface area contributed by atoms with Crippen molar-refractivity contribution in [2.24, 2.45) is 0 Å². The average Bonchev–Trinajstić information content (AvgIpc) is 2.49. The molecule has 0 aromatic heterocycles. The van der Waals surface area contributed by atoms with Crippen LogP contribution in [-0.2, 0) is 24.0 Å². The predicted octanol–water partition coefficient (Wildman–Crippen LogP) is -2.34. The second kappa shape index (κ2) is 13.3. The molecule has 0 saturated heterocycles.